The van der Waals surface area contributed by atoms with E-state index in [4.69, 9.17) is 18.9 Å². The number of methoxy groups -OCH3 is 1. The fraction of sp³-hybridized carbons (Fsp3) is 0.174. The SMILES string of the molecule is COc1cc(C(=O)OCc2ccc(-c3ccccc3)cc2)cc2c1OCCO2. The molecule has 0 atom stereocenters. The quantitative estimate of drug-likeness (QED) is 0.614. The van der Waals surface area contributed by atoms with Gasteiger partial charge >= 0.3 is 5.97 Å². The van der Waals surface area contributed by atoms with Gasteiger partial charge in [-0.05, 0) is 28.8 Å². The Kier molecular flexibility index (Phi) is 5.15. The average Bonchev–Trinajstić information content (AvgIpc) is 2.77. The van der Waals surface area contributed by atoms with Crippen LogP contribution in [-0.4, -0.2) is 26.3 Å². The maximum atomic E-state index is 12.5. The number of carbonyl (C=O) groups is 1. The highest BCUT2D eigenvalue weighted by atomic mass is 16.6. The number of fused-ring (bicyclic) bond motifs is 1. The van der Waals surface area contributed by atoms with Crippen LogP contribution >= 0.6 is 0 Å². The van der Waals surface area contributed by atoms with E-state index < -0.39 is 5.97 Å². The fourth-order valence-electron chi connectivity index (χ4n) is 3.05. The second-order valence-corrected chi connectivity index (χ2v) is 6.34. The zero-order chi connectivity index (χ0) is 19.3. The van der Waals surface area contributed by atoms with Gasteiger partial charge in [0, 0.05) is 0 Å². The lowest BCUT2D eigenvalue weighted by Gasteiger charge is -2.21. The van der Waals surface area contributed by atoms with E-state index in [1.54, 1.807) is 12.1 Å². The molecule has 4 rings (SSSR count). The lowest BCUT2D eigenvalue weighted by molar-refractivity contribution is 0.0471. The Morgan fingerprint density at radius 1 is 0.929 bits per heavy atom. The number of hydrogen-bond acceptors (Lipinski definition) is 5. The van der Waals surface area contributed by atoms with Crippen LogP contribution in [0.15, 0.2) is 66.7 Å². The molecule has 1 aliphatic heterocycles. The van der Waals surface area contributed by atoms with Crippen LogP contribution in [0.5, 0.6) is 17.2 Å². The van der Waals surface area contributed by atoms with Crippen molar-refractivity contribution in [1.82, 2.24) is 0 Å². The second kappa shape index (κ2) is 8.05. The van der Waals surface area contributed by atoms with Gasteiger partial charge in [-0.15, -0.1) is 0 Å². The van der Waals surface area contributed by atoms with Crippen molar-refractivity contribution in [2.45, 2.75) is 6.61 Å². The fourth-order valence-corrected chi connectivity index (χ4v) is 3.05. The van der Waals surface area contributed by atoms with Crippen molar-refractivity contribution in [1.29, 1.82) is 0 Å². The molecule has 0 radical (unpaired) electrons. The third kappa shape index (κ3) is 3.78. The maximum absolute atomic E-state index is 12.5. The molecule has 3 aromatic rings. The number of esters is 1. The van der Waals surface area contributed by atoms with E-state index in [-0.39, 0.29) is 6.61 Å². The van der Waals surface area contributed by atoms with Gasteiger partial charge in [-0.1, -0.05) is 54.6 Å². The molecule has 3 aromatic carbocycles. The Morgan fingerprint density at radius 3 is 2.39 bits per heavy atom. The lowest BCUT2D eigenvalue weighted by Crippen LogP contribution is -2.17. The molecule has 0 unspecified atom stereocenters. The van der Waals surface area contributed by atoms with Gasteiger partial charge in [-0.3, -0.25) is 0 Å². The molecule has 0 amide bonds. The van der Waals surface area contributed by atoms with E-state index in [2.05, 4.69) is 12.1 Å². The van der Waals surface area contributed by atoms with Gasteiger partial charge in [0.25, 0.3) is 0 Å². The molecule has 0 aromatic heterocycles. The van der Waals surface area contributed by atoms with Crippen LogP contribution in [0.3, 0.4) is 0 Å². The minimum Gasteiger partial charge on any atom is -0.493 e. The standard InChI is InChI=1S/C23H20O5/c1-25-20-13-19(14-21-22(20)27-12-11-26-21)23(24)28-15-16-7-9-18(10-8-16)17-5-3-2-4-6-17/h2-10,13-14H,11-12,15H2,1H3. The molecule has 0 aliphatic carbocycles. The third-order valence-electron chi connectivity index (χ3n) is 4.49. The van der Waals surface area contributed by atoms with Gasteiger partial charge in [-0.2, -0.15) is 0 Å². The van der Waals surface area contributed by atoms with Crippen LogP contribution in [0.4, 0.5) is 0 Å². The van der Waals surface area contributed by atoms with Gasteiger partial charge in [0.2, 0.25) is 5.75 Å². The third-order valence-corrected chi connectivity index (χ3v) is 4.49. The van der Waals surface area contributed by atoms with Crippen molar-refractivity contribution in [3.8, 4) is 28.4 Å². The van der Waals surface area contributed by atoms with Crippen molar-refractivity contribution in [2.75, 3.05) is 20.3 Å². The summed E-state index contributed by atoms with van der Waals surface area (Å²) in [6, 6.07) is 21.3. The van der Waals surface area contributed by atoms with E-state index >= 15 is 0 Å². The molecule has 0 saturated carbocycles. The molecule has 0 fully saturated rings. The summed E-state index contributed by atoms with van der Waals surface area (Å²) in [5, 5.41) is 0. The molecule has 1 heterocycles. The summed E-state index contributed by atoms with van der Waals surface area (Å²) in [4.78, 5) is 12.5. The highest BCUT2D eigenvalue weighted by molar-refractivity contribution is 5.91. The van der Waals surface area contributed by atoms with Crippen LogP contribution in [-0.2, 0) is 11.3 Å². The molecule has 1 aliphatic rings. The first kappa shape index (κ1) is 17.9. The molecule has 28 heavy (non-hydrogen) atoms. The van der Waals surface area contributed by atoms with E-state index in [0.717, 1.165) is 16.7 Å². The van der Waals surface area contributed by atoms with Crippen molar-refractivity contribution in [3.05, 3.63) is 77.9 Å². The van der Waals surface area contributed by atoms with Crippen LogP contribution in [0.25, 0.3) is 11.1 Å². The summed E-state index contributed by atoms with van der Waals surface area (Å²) in [6.45, 7) is 1.07. The van der Waals surface area contributed by atoms with Gasteiger partial charge in [0.05, 0.1) is 12.7 Å². The van der Waals surface area contributed by atoms with Gasteiger partial charge in [0.1, 0.15) is 19.8 Å². The number of carbonyl (C=O) groups excluding carboxylic acids is 1. The number of hydrogen-bond donors (Lipinski definition) is 0. The Labute approximate surface area is 163 Å². The average molecular weight is 376 g/mol. The van der Waals surface area contributed by atoms with Crippen LogP contribution in [0.2, 0.25) is 0 Å². The Morgan fingerprint density at radius 2 is 1.64 bits per heavy atom. The van der Waals surface area contributed by atoms with Crippen molar-refractivity contribution >= 4 is 5.97 Å². The zero-order valence-corrected chi connectivity index (χ0v) is 15.5. The molecule has 0 N–H and O–H groups in total. The Balaban J connectivity index is 1.44. The van der Waals surface area contributed by atoms with Crippen LogP contribution in [0, 0.1) is 0 Å². The maximum Gasteiger partial charge on any atom is 0.338 e. The predicted molar refractivity (Wildman–Crippen MR) is 105 cm³/mol. The van der Waals surface area contributed by atoms with Crippen molar-refractivity contribution in [2.24, 2.45) is 0 Å². The summed E-state index contributed by atoms with van der Waals surface area (Å²) in [5.74, 6) is 1.02. The first-order valence-electron chi connectivity index (χ1n) is 9.04. The summed E-state index contributed by atoms with van der Waals surface area (Å²) >= 11 is 0. The monoisotopic (exact) mass is 376 g/mol. The summed E-state index contributed by atoms with van der Waals surface area (Å²) < 4.78 is 21.9. The minimum atomic E-state index is -0.442. The van der Waals surface area contributed by atoms with Crippen molar-refractivity contribution in [3.63, 3.8) is 0 Å². The Bertz CT molecular complexity index is 947. The topological polar surface area (TPSA) is 54.0 Å². The zero-order valence-electron chi connectivity index (χ0n) is 15.5. The normalized spacial score (nSPS) is 12.3. The van der Waals surface area contributed by atoms with E-state index in [0.29, 0.717) is 36.0 Å². The predicted octanol–water partition coefficient (Wildman–Crippen LogP) is 4.49. The summed E-state index contributed by atoms with van der Waals surface area (Å²) in [7, 11) is 1.52. The first-order chi connectivity index (χ1) is 13.7. The molecule has 5 heteroatoms. The lowest BCUT2D eigenvalue weighted by atomic mass is 10.0. The van der Waals surface area contributed by atoms with Gasteiger partial charge in [0.15, 0.2) is 11.5 Å². The summed E-state index contributed by atoms with van der Waals surface area (Å²) in [5.41, 5.74) is 3.54. The van der Waals surface area contributed by atoms with Crippen molar-refractivity contribution < 1.29 is 23.7 Å². The smallest absolute Gasteiger partial charge is 0.338 e. The molecular weight excluding hydrogens is 356 g/mol. The molecule has 0 spiro atoms. The van der Waals surface area contributed by atoms with E-state index in [9.17, 15) is 4.79 Å². The van der Waals surface area contributed by atoms with E-state index in [1.165, 1.54) is 7.11 Å². The molecule has 142 valence electrons. The molecule has 5 nitrogen and oxygen atoms in total. The van der Waals surface area contributed by atoms with Gasteiger partial charge in [-0.25, -0.2) is 4.79 Å². The van der Waals surface area contributed by atoms with Crippen LogP contribution < -0.4 is 14.2 Å². The Hall–Kier alpha value is -3.47. The van der Waals surface area contributed by atoms with Crippen LogP contribution in [0.1, 0.15) is 15.9 Å². The first-order valence-corrected chi connectivity index (χ1v) is 9.04. The largest absolute Gasteiger partial charge is 0.493 e. The highest BCUT2D eigenvalue weighted by Crippen LogP contribution is 2.40. The molecule has 0 saturated heterocycles. The highest BCUT2D eigenvalue weighted by Gasteiger charge is 2.21. The number of rotatable bonds is 5. The molecular formula is C23H20O5. The molecule has 0 bridgehead atoms. The summed E-state index contributed by atoms with van der Waals surface area (Å²) in [6.07, 6.45) is 0. The second-order valence-electron chi connectivity index (χ2n) is 6.34. The van der Waals surface area contributed by atoms with Gasteiger partial charge < -0.3 is 18.9 Å². The number of benzene rings is 3. The number of ether oxygens (including phenoxy) is 4. The minimum absolute atomic E-state index is 0.185. The van der Waals surface area contributed by atoms with E-state index in [1.807, 2.05) is 42.5 Å².